The Morgan fingerprint density at radius 3 is 2.57 bits per heavy atom. The van der Waals surface area contributed by atoms with E-state index in [4.69, 9.17) is 0 Å². The van der Waals surface area contributed by atoms with Crippen LogP contribution >= 0.6 is 11.3 Å². The molecule has 0 spiro atoms. The van der Waals surface area contributed by atoms with E-state index < -0.39 is 0 Å². The zero-order chi connectivity index (χ0) is 16.1. The van der Waals surface area contributed by atoms with Crippen LogP contribution in [0.5, 0.6) is 0 Å². The summed E-state index contributed by atoms with van der Waals surface area (Å²) in [7, 11) is 0. The molecule has 0 saturated heterocycles. The topological polar surface area (TPSA) is 42.0 Å². The van der Waals surface area contributed by atoms with Crippen molar-refractivity contribution in [2.24, 2.45) is 0 Å². The summed E-state index contributed by atoms with van der Waals surface area (Å²) in [6.07, 6.45) is 0.980. The average molecular weight is 326 g/mol. The molecule has 23 heavy (non-hydrogen) atoms. The number of amides is 1. The lowest BCUT2D eigenvalue weighted by atomic mass is 10.2. The van der Waals surface area contributed by atoms with E-state index >= 15 is 0 Å². The highest BCUT2D eigenvalue weighted by molar-refractivity contribution is 7.09. The van der Waals surface area contributed by atoms with Crippen LogP contribution in [-0.2, 0) is 17.6 Å². The number of hydrogen-bond donors (Lipinski definition) is 1. The molecule has 3 aromatic rings. The molecule has 1 N–H and O–H groups in total. The fourth-order valence-electron chi connectivity index (χ4n) is 2.18. The monoisotopic (exact) mass is 326 g/mol. The Balaban J connectivity index is 1.58. The summed E-state index contributed by atoms with van der Waals surface area (Å²) in [4.78, 5) is 16.5. The van der Waals surface area contributed by atoms with Gasteiger partial charge in [-0.2, -0.15) is 0 Å². The first kappa shape index (κ1) is 15.4. The Morgan fingerprint density at radius 2 is 1.83 bits per heavy atom. The van der Waals surface area contributed by atoms with Gasteiger partial charge >= 0.3 is 0 Å². The molecule has 1 heterocycles. The van der Waals surface area contributed by atoms with Gasteiger partial charge in [0.1, 0.15) is 5.82 Å². The first-order valence-electron chi connectivity index (χ1n) is 7.22. The summed E-state index contributed by atoms with van der Waals surface area (Å²) in [5.74, 6) is -0.485. The third-order valence-electron chi connectivity index (χ3n) is 3.27. The minimum Gasteiger partial charge on any atom is -0.326 e. The van der Waals surface area contributed by atoms with Crippen LogP contribution in [0.1, 0.15) is 16.3 Å². The van der Waals surface area contributed by atoms with Crippen LogP contribution in [0.2, 0.25) is 0 Å². The van der Waals surface area contributed by atoms with Gasteiger partial charge in [-0.05, 0) is 29.8 Å². The number of thiazole rings is 1. The zero-order valence-corrected chi connectivity index (χ0v) is 13.1. The average Bonchev–Trinajstić information content (AvgIpc) is 2.97. The van der Waals surface area contributed by atoms with Crippen molar-refractivity contribution in [3.05, 3.63) is 82.1 Å². The number of anilines is 1. The molecule has 0 aliphatic carbocycles. The van der Waals surface area contributed by atoms with E-state index in [0.717, 1.165) is 17.1 Å². The molecule has 0 saturated carbocycles. The second-order valence-electron chi connectivity index (χ2n) is 5.13. The number of hydrogen-bond acceptors (Lipinski definition) is 3. The largest absolute Gasteiger partial charge is 0.326 e. The molecular weight excluding hydrogens is 311 g/mol. The van der Waals surface area contributed by atoms with Crippen LogP contribution in [0.4, 0.5) is 10.1 Å². The van der Waals surface area contributed by atoms with Crippen molar-refractivity contribution >= 4 is 22.9 Å². The highest BCUT2D eigenvalue weighted by Crippen LogP contribution is 2.16. The van der Waals surface area contributed by atoms with E-state index in [1.165, 1.54) is 29.8 Å². The summed E-state index contributed by atoms with van der Waals surface area (Å²) < 4.78 is 12.8. The van der Waals surface area contributed by atoms with Crippen molar-refractivity contribution in [3.63, 3.8) is 0 Å². The predicted octanol–water partition coefficient (Wildman–Crippen LogP) is 4.05. The number of aromatic nitrogens is 1. The van der Waals surface area contributed by atoms with Crippen LogP contribution in [0.15, 0.2) is 60.0 Å². The van der Waals surface area contributed by atoms with Gasteiger partial charge in [-0.1, -0.05) is 30.3 Å². The standard InChI is InChI=1S/C18H15FN2OS/c19-14-6-8-15(9-7-14)20-17(22)11-16-12-23-18(21-16)10-13-4-2-1-3-5-13/h1-9,12H,10-11H2,(H,20,22). The zero-order valence-electron chi connectivity index (χ0n) is 12.3. The fraction of sp³-hybridized carbons (Fsp3) is 0.111. The van der Waals surface area contributed by atoms with E-state index in [1.54, 1.807) is 11.3 Å². The molecule has 1 amide bonds. The second kappa shape index (κ2) is 7.15. The van der Waals surface area contributed by atoms with Crippen LogP contribution in [0, 0.1) is 5.82 Å². The Hall–Kier alpha value is -2.53. The third kappa shape index (κ3) is 4.47. The minimum atomic E-state index is -0.326. The molecule has 1 aromatic heterocycles. The van der Waals surface area contributed by atoms with Gasteiger partial charge in [-0.3, -0.25) is 4.79 Å². The Labute approximate surface area is 137 Å². The summed E-state index contributed by atoms with van der Waals surface area (Å²) in [5.41, 5.74) is 2.53. The number of nitrogens with one attached hydrogen (secondary N) is 1. The van der Waals surface area contributed by atoms with Gasteiger partial charge in [0.25, 0.3) is 0 Å². The van der Waals surface area contributed by atoms with Crippen LogP contribution < -0.4 is 5.32 Å². The summed E-state index contributed by atoms with van der Waals surface area (Å²) in [6, 6.07) is 15.8. The summed E-state index contributed by atoms with van der Waals surface area (Å²) >= 11 is 1.55. The van der Waals surface area contributed by atoms with Gasteiger partial charge in [0.2, 0.25) is 5.91 Å². The number of carbonyl (C=O) groups excluding carboxylic acids is 1. The van der Waals surface area contributed by atoms with Gasteiger partial charge in [-0.15, -0.1) is 11.3 Å². The lowest BCUT2D eigenvalue weighted by molar-refractivity contribution is -0.115. The van der Waals surface area contributed by atoms with Gasteiger partial charge in [-0.25, -0.2) is 9.37 Å². The molecule has 0 radical (unpaired) electrons. The van der Waals surface area contributed by atoms with Gasteiger partial charge in [0, 0.05) is 17.5 Å². The molecule has 3 nitrogen and oxygen atoms in total. The lowest BCUT2D eigenvalue weighted by Crippen LogP contribution is -2.14. The molecule has 2 aromatic carbocycles. The Kier molecular flexibility index (Phi) is 4.78. The first-order valence-corrected chi connectivity index (χ1v) is 8.09. The molecule has 0 aliphatic heterocycles. The molecular formula is C18H15FN2OS. The van der Waals surface area contributed by atoms with Crippen LogP contribution in [0.3, 0.4) is 0 Å². The molecule has 116 valence electrons. The van der Waals surface area contributed by atoms with Gasteiger partial charge < -0.3 is 5.32 Å². The van der Waals surface area contributed by atoms with E-state index in [0.29, 0.717) is 5.69 Å². The molecule has 0 fully saturated rings. The van der Waals surface area contributed by atoms with Crippen LogP contribution in [0.25, 0.3) is 0 Å². The smallest absolute Gasteiger partial charge is 0.230 e. The number of benzene rings is 2. The normalized spacial score (nSPS) is 10.5. The Morgan fingerprint density at radius 1 is 1.09 bits per heavy atom. The van der Waals surface area contributed by atoms with Gasteiger partial charge in [0.05, 0.1) is 17.1 Å². The summed E-state index contributed by atoms with van der Waals surface area (Å²) in [5, 5.41) is 5.63. The number of nitrogens with zero attached hydrogens (tertiary/aromatic N) is 1. The van der Waals surface area contributed by atoms with Crippen molar-refractivity contribution in [2.45, 2.75) is 12.8 Å². The van der Waals surface area contributed by atoms with E-state index in [9.17, 15) is 9.18 Å². The van der Waals surface area contributed by atoms with E-state index in [-0.39, 0.29) is 18.1 Å². The number of carbonyl (C=O) groups is 1. The van der Waals surface area contributed by atoms with Crippen molar-refractivity contribution in [1.29, 1.82) is 0 Å². The molecule has 0 unspecified atom stereocenters. The maximum atomic E-state index is 12.8. The predicted molar refractivity (Wildman–Crippen MR) is 90.1 cm³/mol. The molecule has 0 bridgehead atoms. The maximum absolute atomic E-state index is 12.8. The maximum Gasteiger partial charge on any atom is 0.230 e. The number of rotatable bonds is 5. The molecule has 5 heteroatoms. The molecule has 0 aliphatic rings. The summed E-state index contributed by atoms with van der Waals surface area (Å²) in [6.45, 7) is 0. The SMILES string of the molecule is O=C(Cc1csc(Cc2ccccc2)n1)Nc1ccc(F)cc1. The second-order valence-corrected chi connectivity index (χ2v) is 6.07. The highest BCUT2D eigenvalue weighted by atomic mass is 32.1. The van der Waals surface area contributed by atoms with Crippen molar-refractivity contribution in [3.8, 4) is 0 Å². The molecule has 0 atom stereocenters. The highest BCUT2D eigenvalue weighted by Gasteiger charge is 2.09. The first-order chi connectivity index (χ1) is 11.2. The fourth-order valence-corrected chi connectivity index (χ4v) is 3.01. The Bertz CT molecular complexity index is 784. The van der Waals surface area contributed by atoms with Gasteiger partial charge in [0.15, 0.2) is 0 Å². The third-order valence-corrected chi connectivity index (χ3v) is 4.16. The van der Waals surface area contributed by atoms with E-state index in [2.05, 4.69) is 22.4 Å². The lowest BCUT2D eigenvalue weighted by Gasteiger charge is -2.03. The minimum absolute atomic E-state index is 0.159. The van der Waals surface area contributed by atoms with Crippen molar-refractivity contribution in [1.82, 2.24) is 4.98 Å². The quantitative estimate of drug-likeness (QED) is 0.768. The number of halogens is 1. The van der Waals surface area contributed by atoms with Crippen LogP contribution in [-0.4, -0.2) is 10.9 Å². The van der Waals surface area contributed by atoms with Crippen molar-refractivity contribution in [2.75, 3.05) is 5.32 Å². The van der Waals surface area contributed by atoms with E-state index in [1.807, 2.05) is 23.6 Å². The van der Waals surface area contributed by atoms with Crippen molar-refractivity contribution < 1.29 is 9.18 Å². The molecule has 3 rings (SSSR count).